The fourth-order valence-electron chi connectivity index (χ4n) is 3.04. The highest BCUT2D eigenvalue weighted by atomic mass is 16.5. The Bertz CT molecular complexity index is 219. The van der Waals surface area contributed by atoms with E-state index >= 15 is 0 Å². The van der Waals surface area contributed by atoms with Crippen LogP contribution in [-0.4, -0.2) is 51.3 Å². The zero-order valence-electron chi connectivity index (χ0n) is 13.5. The second kappa shape index (κ2) is 8.93. The van der Waals surface area contributed by atoms with E-state index in [1.165, 1.54) is 45.3 Å². The minimum absolute atomic E-state index is 0.438. The summed E-state index contributed by atoms with van der Waals surface area (Å²) < 4.78 is 5.26. The topological polar surface area (TPSA) is 24.5 Å². The summed E-state index contributed by atoms with van der Waals surface area (Å²) in [6.45, 7) is 14.0. The highest BCUT2D eigenvalue weighted by Crippen LogP contribution is 2.29. The minimum atomic E-state index is 0.438. The Hall–Kier alpha value is -0.120. The molecule has 0 radical (unpaired) electrons. The molecule has 1 atom stereocenters. The molecule has 0 unspecified atom stereocenters. The number of rotatable bonds is 8. The SMILES string of the molecule is COCC[C@H](CCCN1CCNCC1)CC(C)(C)C. The van der Waals surface area contributed by atoms with E-state index in [1.54, 1.807) is 0 Å². The molecule has 19 heavy (non-hydrogen) atoms. The summed E-state index contributed by atoms with van der Waals surface area (Å²) in [5.74, 6) is 0.822. The third kappa shape index (κ3) is 8.61. The van der Waals surface area contributed by atoms with Gasteiger partial charge in [0.05, 0.1) is 0 Å². The van der Waals surface area contributed by atoms with E-state index in [0.29, 0.717) is 5.41 Å². The van der Waals surface area contributed by atoms with Crippen molar-refractivity contribution in [2.45, 2.75) is 46.5 Å². The molecule has 0 amide bonds. The molecule has 1 fully saturated rings. The number of piperazine rings is 1. The summed E-state index contributed by atoms with van der Waals surface area (Å²) in [5.41, 5.74) is 0.438. The van der Waals surface area contributed by atoms with Crippen molar-refractivity contribution < 1.29 is 4.74 Å². The highest BCUT2D eigenvalue weighted by molar-refractivity contribution is 4.72. The van der Waals surface area contributed by atoms with E-state index in [9.17, 15) is 0 Å². The van der Waals surface area contributed by atoms with Gasteiger partial charge in [-0.3, -0.25) is 0 Å². The maximum absolute atomic E-state index is 5.26. The Morgan fingerprint density at radius 1 is 1.16 bits per heavy atom. The first kappa shape index (κ1) is 16.9. The predicted octanol–water partition coefficient (Wildman–Crippen LogP) is 2.76. The van der Waals surface area contributed by atoms with Crippen LogP contribution in [0, 0.1) is 11.3 Å². The molecular formula is C16H34N2O. The molecule has 1 rings (SSSR count). The summed E-state index contributed by atoms with van der Waals surface area (Å²) in [6, 6.07) is 0. The molecule has 1 heterocycles. The van der Waals surface area contributed by atoms with Crippen molar-refractivity contribution in [1.82, 2.24) is 10.2 Å². The average Bonchev–Trinajstić information content (AvgIpc) is 2.35. The molecule has 0 bridgehead atoms. The molecule has 0 aliphatic carbocycles. The van der Waals surface area contributed by atoms with Crippen LogP contribution in [0.15, 0.2) is 0 Å². The Labute approximate surface area is 120 Å². The van der Waals surface area contributed by atoms with Gasteiger partial charge in [-0.1, -0.05) is 20.8 Å². The van der Waals surface area contributed by atoms with Crippen molar-refractivity contribution in [3.05, 3.63) is 0 Å². The normalized spacial score (nSPS) is 19.6. The van der Waals surface area contributed by atoms with Gasteiger partial charge in [-0.15, -0.1) is 0 Å². The second-order valence-electron chi connectivity index (χ2n) is 7.15. The number of ether oxygens (including phenoxy) is 1. The molecule has 1 aliphatic heterocycles. The zero-order chi connectivity index (χ0) is 14.1. The quantitative estimate of drug-likeness (QED) is 0.734. The molecular weight excluding hydrogens is 236 g/mol. The van der Waals surface area contributed by atoms with E-state index < -0.39 is 0 Å². The number of methoxy groups -OCH3 is 1. The van der Waals surface area contributed by atoms with Crippen LogP contribution in [0.25, 0.3) is 0 Å². The number of nitrogens with zero attached hydrogens (tertiary/aromatic N) is 1. The number of hydrogen-bond donors (Lipinski definition) is 1. The lowest BCUT2D eigenvalue weighted by atomic mass is 9.81. The van der Waals surface area contributed by atoms with E-state index in [-0.39, 0.29) is 0 Å². The minimum Gasteiger partial charge on any atom is -0.385 e. The molecule has 0 aromatic heterocycles. The van der Waals surface area contributed by atoms with Crippen molar-refractivity contribution in [1.29, 1.82) is 0 Å². The fraction of sp³-hybridized carbons (Fsp3) is 1.00. The summed E-state index contributed by atoms with van der Waals surface area (Å²) >= 11 is 0. The van der Waals surface area contributed by atoms with E-state index in [2.05, 4.69) is 31.0 Å². The van der Waals surface area contributed by atoms with Crippen LogP contribution in [0.5, 0.6) is 0 Å². The number of nitrogens with one attached hydrogen (secondary N) is 1. The van der Waals surface area contributed by atoms with Crippen LogP contribution in [-0.2, 0) is 4.74 Å². The highest BCUT2D eigenvalue weighted by Gasteiger charge is 2.19. The maximum Gasteiger partial charge on any atom is 0.0464 e. The second-order valence-corrected chi connectivity index (χ2v) is 7.15. The molecule has 3 nitrogen and oxygen atoms in total. The van der Waals surface area contributed by atoms with Crippen molar-refractivity contribution in [3.63, 3.8) is 0 Å². The maximum atomic E-state index is 5.26. The van der Waals surface area contributed by atoms with Crippen molar-refractivity contribution in [2.75, 3.05) is 46.4 Å². The average molecular weight is 270 g/mol. The van der Waals surface area contributed by atoms with Gasteiger partial charge in [-0.25, -0.2) is 0 Å². The lowest BCUT2D eigenvalue weighted by Gasteiger charge is -2.29. The largest absolute Gasteiger partial charge is 0.385 e. The van der Waals surface area contributed by atoms with Crippen molar-refractivity contribution in [3.8, 4) is 0 Å². The molecule has 114 valence electrons. The lowest BCUT2D eigenvalue weighted by Crippen LogP contribution is -2.43. The van der Waals surface area contributed by atoms with Gasteiger partial charge in [0.1, 0.15) is 0 Å². The van der Waals surface area contributed by atoms with Crippen LogP contribution in [0.2, 0.25) is 0 Å². The van der Waals surface area contributed by atoms with E-state index in [0.717, 1.165) is 25.6 Å². The van der Waals surface area contributed by atoms with Gasteiger partial charge in [0.25, 0.3) is 0 Å². The standard InChI is InChI=1S/C16H34N2O/c1-16(2,3)14-15(7-13-19-4)6-5-10-18-11-8-17-9-12-18/h15,17H,5-14H2,1-4H3/t15-/m0/s1. The first-order valence-electron chi connectivity index (χ1n) is 7.93. The van der Waals surface area contributed by atoms with Gasteiger partial charge in [0.15, 0.2) is 0 Å². The van der Waals surface area contributed by atoms with Gasteiger partial charge in [-0.2, -0.15) is 0 Å². The molecule has 1 saturated heterocycles. The molecule has 1 aliphatic rings. The zero-order valence-corrected chi connectivity index (χ0v) is 13.5. The summed E-state index contributed by atoms with van der Waals surface area (Å²) in [4.78, 5) is 2.60. The Morgan fingerprint density at radius 3 is 2.42 bits per heavy atom. The lowest BCUT2D eigenvalue weighted by molar-refractivity contribution is 0.153. The summed E-state index contributed by atoms with van der Waals surface area (Å²) in [6.07, 6.45) is 5.22. The summed E-state index contributed by atoms with van der Waals surface area (Å²) in [5, 5.41) is 3.41. The van der Waals surface area contributed by atoms with Crippen LogP contribution < -0.4 is 5.32 Å². The van der Waals surface area contributed by atoms with Crippen molar-refractivity contribution in [2.24, 2.45) is 11.3 Å². The Morgan fingerprint density at radius 2 is 1.84 bits per heavy atom. The van der Waals surface area contributed by atoms with Crippen LogP contribution >= 0.6 is 0 Å². The first-order valence-corrected chi connectivity index (χ1v) is 7.93. The van der Waals surface area contributed by atoms with Gasteiger partial charge in [0, 0.05) is 39.9 Å². The third-order valence-electron chi connectivity index (χ3n) is 3.93. The smallest absolute Gasteiger partial charge is 0.0464 e. The fourth-order valence-corrected chi connectivity index (χ4v) is 3.04. The van der Waals surface area contributed by atoms with Gasteiger partial charge < -0.3 is 15.0 Å². The van der Waals surface area contributed by atoms with Gasteiger partial charge in [0.2, 0.25) is 0 Å². The van der Waals surface area contributed by atoms with Gasteiger partial charge in [-0.05, 0) is 43.6 Å². The predicted molar refractivity (Wildman–Crippen MR) is 82.6 cm³/mol. The third-order valence-corrected chi connectivity index (χ3v) is 3.93. The monoisotopic (exact) mass is 270 g/mol. The van der Waals surface area contributed by atoms with Crippen LogP contribution in [0.1, 0.15) is 46.5 Å². The molecule has 0 aromatic rings. The van der Waals surface area contributed by atoms with E-state index in [4.69, 9.17) is 4.74 Å². The Kier molecular flexibility index (Phi) is 7.96. The molecule has 0 aromatic carbocycles. The molecule has 0 spiro atoms. The summed E-state index contributed by atoms with van der Waals surface area (Å²) in [7, 11) is 1.81. The first-order chi connectivity index (χ1) is 9.01. The van der Waals surface area contributed by atoms with Crippen LogP contribution in [0.3, 0.4) is 0 Å². The van der Waals surface area contributed by atoms with E-state index in [1.807, 2.05) is 7.11 Å². The molecule has 1 N–H and O–H groups in total. The number of hydrogen-bond acceptors (Lipinski definition) is 3. The molecule has 3 heteroatoms. The van der Waals surface area contributed by atoms with Crippen molar-refractivity contribution >= 4 is 0 Å². The van der Waals surface area contributed by atoms with Crippen LogP contribution in [0.4, 0.5) is 0 Å². The molecule has 0 saturated carbocycles. The Balaban J connectivity index is 2.22. The van der Waals surface area contributed by atoms with Gasteiger partial charge >= 0.3 is 0 Å².